The molecule has 4 heteroatoms. The Morgan fingerprint density at radius 1 is 1.25 bits per heavy atom. The van der Waals surface area contributed by atoms with E-state index in [1.807, 2.05) is 0 Å². The van der Waals surface area contributed by atoms with Gasteiger partial charge < -0.3 is 19.1 Å². The third-order valence-electron chi connectivity index (χ3n) is 3.80. The van der Waals surface area contributed by atoms with Crippen molar-refractivity contribution in [3.63, 3.8) is 0 Å². The van der Waals surface area contributed by atoms with Crippen LogP contribution in [0.15, 0.2) is 0 Å². The number of likely N-dealkylation sites (N-methyl/N-ethyl adjacent to an activating group) is 1. The molecule has 1 heterocycles. The Morgan fingerprint density at radius 3 is 2.44 bits per heavy atom. The van der Waals surface area contributed by atoms with Crippen molar-refractivity contribution in [2.75, 3.05) is 40.5 Å². The highest BCUT2D eigenvalue weighted by atomic mass is 16.7. The Balaban J connectivity index is 1.75. The molecule has 2 rings (SSSR count). The first-order valence-corrected chi connectivity index (χ1v) is 6.23. The van der Waals surface area contributed by atoms with Crippen LogP contribution in [0.5, 0.6) is 0 Å². The molecule has 1 aliphatic carbocycles. The molecule has 0 unspecified atom stereocenters. The summed E-state index contributed by atoms with van der Waals surface area (Å²) in [6.07, 6.45) is 4.41. The maximum atomic E-state index is 5.73. The molecule has 0 radical (unpaired) electrons. The maximum absolute atomic E-state index is 5.73. The van der Waals surface area contributed by atoms with Crippen molar-refractivity contribution >= 4 is 0 Å². The van der Waals surface area contributed by atoms with Crippen LogP contribution in [0.4, 0.5) is 0 Å². The second-order valence-electron chi connectivity index (χ2n) is 4.81. The van der Waals surface area contributed by atoms with E-state index in [2.05, 4.69) is 11.9 Å². The van der Waals surface area contributed by atoms with Crippen molar-refractivity contribution in [2.45, 2.75) is 37.5 Å². The summed E-state index contributed by atoms with van der Waals surface area (Å²) in [7, 11) is 3.93. The molecule has 1 saturated carbocycles. The molecular formula is C12H23NO3. The summed E-state index contributed by atoms with van der Waals surface area (Å²) in [5, 5.41) is 0. The zero-order valence-corrected chi connectivity index (χ0v) is 10.4. The van der Waals surface area contributed by atoms with Gasteiger partial charge in [-0.05, 0) is 19.9 Å². The zero-order valence-electron chi connectivity index (χ0n) is 10.4. The van der Waals surface area contributed by atoms with Crippen LogP contribution in [0.3, 0.4) is 0 Å². The molecule has 0 aromatic heterocycles. The normalized spacial score (nSPS) is 25.7. The van der Waals surface area contributed by atoms with Gasteiger partial charge in [0, 0.05) is 32.5 Å². The zero-order chi connectivity index (χ0) is 11.4. The van der Waals surface area contributed by atoms with E-state index in [9.17, 15) is 0 Å². The molecule has 4 nitrogen and oxygen atoms in total. The minimum absolute atomic E-state index is 0.224. The summed E-state index contributed by atoms with van der Waals surface area (Å²) in [6.45, 7) is 3.36. The molecule has 2 fully saturated rings. The molecule has 0 amide bonds. The molecular weight excluding hydrogens is 206 g/mol. The summed E-state index contributed by atoms with van der Waals surface area (Å²) >= 11 is 0. The van der Waals surface area contributed by atoms with Crippen molar-refractivity contribution in [1.82, 2.24) is 4.90 Å². The highest BCUT2D eigenvalue weighted by Gasteiger charge is 2.40. The average Bonchev–Trinajstić information content (AvgIpc) is 2.75. The predicted octanol–water partition coefficient (Wildman–Crippen LogP) is 1.25. The van der Waals surface area contributed by atoms with Gasteiger partial charge in [-0.15, -0.1) is 0 Å². The Labute approximate surface area is 97.8 Å². The SMILES string of the molecule is COCCN(C)C1CCC2(CC1)OCCO2. The molecule has 1 spiro atoms. The number of rotatable bonds is 4. The fraction of sp³-hybridized carbons (Fsp3) is 1.00. The third-order valence-corrected chi connectivity index (χ3v) is 3.80. The summed E-state index contributed by atoms with van der Waals surface area (Å²) in [4.78, 5) is 2.39. The van der Waals surface area contributed by atoms with E-state index in [0.717, 1.165) is 39.2 Å². The van der Waals surface area contributed by atoms with Crippen LogP contribution in [0.25, 0.3) is 0 Å². The second kappa shape index (κ2) is 5.45. The van der Waals surface area contributed by atoms with Gasteiger partial charge in [0.15, 0.2) is 5.79 Å². The second-order valence-corrected chi connectivity index (χ2v) is 4.81. The first kappa shape index (κ1) is 12.3. The van der Waals surface area contributed by atoms with Crippen molar-refractivity contribution in [3.8, 4) is 0 Å². The van der Waals surface area contributed by atoms with Gasteiger partial charge in [0.05, 0.1) is 19.8 Å². The largest absolute Gasteiger partial charge is 0.383 e. The minimum Gasteiger partial charge on any atom is -0.383 e. The summed E-state index contributed by atoms with van der Waals surface area (Å²) in [6, 6.07) is 0.661. The molecule has 94 valence electrons. The number of hydrogen-bond acceptors (Lipinski definition) is 4. The lowest BCUT2D eigenvalue weighted by atomic mass is 9.89. The lowest BCUT2D eigenvalue weighted by Gasteiger charge is -2.39. The fourth-order valence-corrected chi connectivity index (χ4v) is 2.69. The van der Waals surface area contributed by atoms with E-state index in [1.165, 1.54) is 12.8 Å². The molecule has 0 aromatic rings. The molecule has 1 aliphatic heterocycles. The van der Waals surface area contributed by atoms with Crippen LogP contribution < -0.4 is 0 Å². The van der Waals surface area contributed by atoms with Gasteiger partial charge >= 0.3 is 0 Å². The summed E-state index contributed by atoms with van der Waals surface area (Å²) in [5.41, 5.74) is 0. The van der Waals surface area contributed by atoms with Gasteiger partial charge in [0.1, 0.15) is 0 Å². The third kappa shape index (κ3) is 2.74. The van der Waals surface area contributed by atoms with Crippen LogP contribution in [0, 0.1) is 0 Å². The predicted molar refractivity (Wildman–Crippen MR) is 61.4 cm³/mol. The molecule has 0 bridgehead atoms. The molecule has 1 saturated heterocycles. The Morgan fingerprint density at radius 2 is 1.88 bits per heavy atom. The number of nitrogens with zero attached hydrogens (tertiary/aromatic N) is 1. The lowest BCUT2D eigenvalue weighted by molar-refractivity contribution is -0.183. The van der Waals surface area contributed by atoms with Gasteiger partial charge in [-0.25, -0.2) is 0 Å². The van der Waals surface area contributed by atoms with Crippen molar-refractivity contribution in [3.05, 3.63) is 0 Å². The molecule has 2 aliphatic rings. The topological polar surface area (TPSA) is 30.9 Å². The monoisotopic (exact) mass is 229 g/mol. The van der Waals surface area contributed by atoms with E-state index >= 15 is 0 Å². The highest BCUT2D eigenvalue weighted by Crippen LogP contribution is 2.36. The van der Waals surface area contributed by atoms with Gasteiger partial charge in [-0.2, -0.15) is 0 Å². The smallest absolute Gasteiger partial charge is 0.168 e. The lowest BCUT2D eigenvalue weighted by Crippen LogP contribution is -2.43. The standard InChI is InChI=1S/C12H23NO3/c1-13(7-8-14-2)11-3-5-12(6-4-11)15-9-10-16-12/h11H,3-10H2,1-2H3. The van der Waals surface area contributed by atoms with Crippen LogP contribution in [-0.4, -0.2) is 57.3 Å². The van der Waals surface area contributed by atoms with Crippen molar-refractivity contribution < 1.29 is 14.2 Å². The Bertz CT molecular complexity index is 206. The first-order chi connectivity index (χ1) is 7.76. The van der Waals surface area contributed by atoms with E-state index in [4.69, 9.17) is 14.2 Å². The summed E-state index contributed by atoms with van der Waals surface area (Å²) < 4.78 is 16.6. The average molecular weight is 229 g/mol. The van der Waals surface area contributed by atoms with Gasteiger partial charge in [-0.1, -0.05) is 0 Å². The van der Waals surface area contributed by atoms with Crippen LogP contribution >= 0.6 is 0 Å². The van der Waals surface area contributed by atoms with Gasteiger partial charge in [0.25, 0.3) is 0 Å². The number of hydrogen-bond donors (Lipinski definition) is 0. The van der Waals surface area contributed by atoms with Gasteiger partial charge in [-0.3, -0.25) is 0 Å². The van der Waals surface area contributed by atoms with Crippen LogP contribution in [-0.2, 0) is 14.2 Å². The molecule has 16 heavy (non-hydrogen) atoms. The van der Waals surface area contributed by atoms with Crippen molar-refractivity contribution in [2.24, 2.45) is 0 Å². The molecule has 0 aromatic carbocycles. The Kier molecular flexibility index (Phi) is 4.19. The first-order valence-electron chi connectivity index (χ1n) is 6.23. The van der Waals surface area contributed by atoms with E-state index in [1.54, 1.807) is 7.11 Å². The van der Waals surface area contributed by atoms with E-state index in [-0.39, 0.29) is 5.79 Å². The maximum Gasteiger partial charge on any atom is 0.168 e. The Hall–Kier alpha value is -0.160. The molecule has 0 atom stereocenters. The van der Waals surface area contributed by atoms with Gasteiger partial charge in [0.2, 0.25) is 0 Å². The highest BCUT2D eigenvalue weighted by molar-refractivity contribution is 4.85. The van der Waals surface area contributed by atoms with Crippen LogP contribution in [0.1, 0.15) is 25.7 Å². The number of methoxy groups -OCH3 is 1. The molecule has 0 N–H and O–H groups in total. The number of ether oxygens (including phenoxy) is 3. The quantitative estimate of drug-likeness (QED) is 0.726. The summed E-state index contributed by atoms with van der Waals surface area (Å²) in [5.74, 6) is -0.224. The van der Waals surface area contributed by atoms with Crippen molar-refractivity contribution in [1.29, 1.82) is 0 Å². The van der Waals surface area contributed by atoms with E-state index in [0.29, 0.717) is 6.04 Å². The fourth-order valence-electron chi connectivity index (χ4n) is 2.69. The minimum atomic E-state index is -0.224. The van der Waals surface area contributed by atoms with Crippen LogP contribution in [0.2, 0.25) is 0 Å². The van der Waals surface area contributed by atoms with E-state index < -0.39 is 0 Å².